The van der Waals surface area contributed by atoms with Crippen LogP contribution in [0.2, 0.25) is 5.02 Å². The maximum absolute atomic E-state index is 14.0. The molecule has 0 spiro atoms. The van der Waals surface area contributed by atoms with E-state index in [9.17, 15) is 4.57 Å². The first-order valence-electron chi connectivity index (χ1n) is 12.9. The molecule has 2 heterocycles. The van der Waals surface area contributed by atoms with E-state index in [4.69, 9.17) is 36.1 Å². The summed E-state index contributed by atoms with van der Waals surface area (Å²) in [6.07, 6.45) is 2.19. The van der Waals surface area contributed by atoms with Crippen LogP contribution in [-0.2, 0) is 20.4 Å². The summed E-state index contributed by atoms with van der Waals surface area (Å²) in [5.41, 5.74) is 8.53. The average Bonchev–Trinajstić information content (AvgIpc) is 3.68. The van der Waals surface area contributed by atoms with Crippen molar-refractivity contribution in [1.82, 2.24) is 19.6 Å². The number of ether oxygens (including phenoxy) is 1. The highest BCUT2D eigenvalue weighted by molar-refractivity contribution is 7.52. The van der Waals surface area contributed by atoms with Gasteiger partial charge in [-0.15, -0.1) is 0 Å². The molecule has 202 valence electrons. The fourth-order valence-electron chi connectivity index (χ4n) is 4.59. The number of aromatic nitrogens is 3. The van der Waals surface area contributed by atoms with Crippen molar-refractivity contribution >= 4 is 47.1 Å². The Balaban J connectivity index is 1.48. The second kappa shape index (κ2) is 11.2. The van der Waals surface area contributed by atoms with E-state index in [0.29, 0.717) is 47.1 Å². The van der Waals surface area contributed by atoms with Crippen LogP contribution >= 0.6 is 19.3 Å². The molecule has 0 unspecified atom stereocenters. The molecular weight excluding hydrogens is 525 g/mol. The Morgan fingerprint density at radius 2 is 1.89 bits per heavy atom. The van der Waals surface area contributed by atoms with Crippen LogP contribution in [0.15, 0.2) is 48.5 Å². The third-order valence-corrected chi connectivity index (χ3v) is 8.63. The molecule has 0 amide bonds. The molecule has 5 rings (SSSR count). The van der Waals surface area contributed by atoms with E-state index in [2.05, 4.69) is 10.1 Å². The molecule has 11 heteroatoms. The quantitative estimate of drug-likeness (QED) is 0.189. The SMILES string of the molecule is CCOCc1nc2c(N)nc3ccccc3c2n1[C@@H](C)CO[P@@](=O)(N[C@@H](C)C1CC1)Oc1ccc(Cl)cc1. The molecule has 1 saturated carbocycles. The number of anilines is 1. The van der Waals surface area contributed by atoms with Crippen molar-refractivity contribution in [3.63, 3.8) is 0 Å². The minimum atomic E-state index is -3.73. The minimum Gasteiger partial charge on any atom is -0.413 e. The lowest BCUT2D eigenvalue weighted by Crippen LogP contribution is -2.29. The van der Waals surface area contributed by atoms with Crippen LogP contribution in [-0.4, -0.2) is 33.8 Å². The van der Waals surface area contributed by atoms with Gasteiger partial charge in [0, 0.05) is 23.1 Å². The number of rotatable bonds is 12. The number of para-hydroxylation sites is 1. The third-order valence-electron chi connectivity index (χ3n) is 6.72. The van der Waals surface area contributed by atoms with Gasteiger partial charge in [0.25, 0.3) is 0 Å². The average molecular weight is 558 g/mol. The van der Waals surface area contributed by atoms with Gasteiger partial charge < -0.3 is 19.6 Å². The second-order valence-electron chi connectivity index (χ2n) is 9.69. The molecule has 1 fully saturated rings. The molecule has 0 aliphatic heterocycles. The fraction of sp³-hybridized carbons (Fsp3) is 0.407. The van der Waals surface area contributed by atoms with Crippen LogP contribution < -0.4 is 15.3 Å². The summed E-state index contributed by atoms with van der Waals surface area (Å²) >= 11 is 6.02. The highest BCUT2D eigenvalue weighted by Gasteiger charge is 2.36. The Morgan fingerprint density at radius 3 is 2.61 bits per heavy atom. The van der Waals surface area contributed by atoms with Gasteiger partial charge in [0.05, 0.1) is 23.7 Å². The second-order valence-corrected chi connectivity index (χ2v) is 11.8. The predicted octanol–water partition coefficient (Wildman–Crippen LogP) is 6.51. The summed E-state index contributed by atoms with van der Waals surface area (Å²) in [5, 5.41) is 4.62. The summed E-state index contributed by atoms with van der Waals surface area (Å²) in [4.78, 5) is 9.32. The van der Waals surface area contributed by atoms with Crippen molar-refractivity contribution in [1.29, 1.82) is 0 Å². The fourth-order valence-corrected chi connectivity index (χ4v) is 6.42. The summed E-state index contributed by atoms with van der Waals surface area (Å²) in [6, 6.07) is 14.2. The molecule has 3 N–H and O–H groups in total. The molecule has 0 radical (unpaired) electrons. The van der Waals surface area contributed by atoms with Crippen LogP contribution in [0.3, 0.4) is 0 Å². The van der Waals surface area contributed by atoms with Crippen molar-refractivity contribution < 1.29 is 18.3 Å². The molecule has 1 aliphatic rings. The maximum Gasteiger partial charge on any atom is 0.459 e. The smallest absolute Gasteiger partial charge is 0.413 e. The zero-order valence-electron chi connectivity index (χ0n) is 21.8. The number of nitrogens with zero attached hydrogens (tertiary/aromatic N) is 3. The molecule has 4 aromatic rings. The minimum absolute atomic E-state index is 0.0131. The Bertz CT molecular complexity index is 1470. The molecule has 2 aromatic heterocycles. The first-order chi connectivity index (χ1) is 18.3. The van der Waals surface area contributed by atoms with Crippen molar-refractivity contribution in [2.24, 2.45) is 5.92 Å². The lowest BCUT2D eigenvalue weighted by atomic mass is 10.1. The van der Waals surface area contributed by atoms with Crippen LogP contribution in [0.25, 0.3) is 21.9 Å². The highest BCUT2D eigenvalue weighted by Crippen LogP contribution is 2.48. The van der Waals surface area contributed by atoms with Crippen LogP contribution in [0.5, 0.6) is 5.75 Å². The zero-order chi connectivity index (χ0) is 26.9. The number of imidazole rings is 1. The summed E-state index contributed by atoms with van der Waals surface area (Å²) < 4.78 is 33.8. The van der Waals surface area contributed by atoms with Crippen molar-refractivity contribution in [2.75, 3.05) is 18.9 Å². The van der Waals surface area contributed by atoms with Gasteiger partial charge in [0.1, 0.15) is 23.7 Å². The van der Waals surface area contributed by atoms with Gasteiger partial charge in [-0.05, 0) is 69.9 Å². The molecule has 0 saturated heterocycles. The van der Waals surface area contributed by atoms with E-state index in [-0.39, 0.29) is 18.7 Å². The number of nitrogen functional groups attached to an aromatic ring is 1. The Labute approximate surface area is 227 Å². The first-order valence-corrected chi connectivity index (χ1v) is 14.8. The van der Waals surface area contributed by atoms with Crippen molar-refractivity contribution in [2.45, 2.75) is 52.3 Å². The van der Waals surface area contributed by atoms with Crippen LogP contribution in [0.4, 0.5) is 5.82 Å². The van der Waals surface area contributed by atoms with E-state index < -0.39 is 7.75 Å². The number of hydrogen-bond acceptors (Lipinski definition) is 7. The normalized spacial score (nSPS) is 16.9. The van der Waals surface area contributed by atoms with E-state index in [1.54, 1.807) is 24.3 Å². The lowest BCUT2D eigenvalue weighted by Gasteiger charge is -2.26. The van der Waals surface area contributed by atoms with E-state index in [1.807, 2.05) is 49.6 Å². The summed E-state index contributed by atoms with van der Waals surface area (Å²) in [7, 11) is -3.73. The summed E-state index contributed by atoms with van der Waals surface area (Å²) in [6.45, 7) is 6.85. The largest absolute Gasteiger partial charge is 0.459 e. The van der Waals surface area contributed by atoms with Gasteiger partial charge in [0.15, 0.2) is 5.82 Å². The number of fused-ring (bicyclic) bond motifs is 3. The third kappa shape index (κ3) is 5.82. The standard InChI is InChI=1S/C27H33ClN5O4P/c1-4-35-16-24-31-25-26(22-7-5-6-8-23(22)30-27(25)29)33(24)17(2)15-36-38(34,32-18(3)19-9-10-19)37-21-13-11-20(28)12-14-21/h5-8,11-14,17-19H,4,9-10,15-16H2,1-3H3,(H2,29,30)(H,32,34)/t17-,18-,38-/m0/s1. The molecule has 2 aromatic carbocycles. The number of nitrogens with two attached hydrogens (primary N) is 1. The molecule has 1 aliphatic carbocycles. The Kier molecular flexibility index (Phi) is 7.93. The van der Waals surface area contributed by atoms with Crippen molar-refractivity contribution in [3.05, 3.63) is 59.4 Å². The number of benzene rings is 2. The number of hydrogen-bond donors (Lipinski definition) is 2. The van der Waals surface area contributed by atoms with E-state index in [0.717, 1.165) is 29.3 Å². The van der Waals surface area contributed by atoms with Crippen molar-refractivity contribution in [3.8, 4) is 5.75 Å². The topological polar surface area (TPSA) is 114 Å². The Morgan fingerprint density at radius 1 is 1.16 bits per heavy atom. The van der Waals surface area contributed by atoms with Gasteiger partial charge in [-0.25, -0.2) is 19.6 Å². The highest BCUT2D eigenvalue weighted by atomic mass is 35.5. The monoisotopic (exact) mass is 557 g/mol. The number of halogens is 1. The lowest BCUT2D eigenvalue weighted by molar-refractivity contribution is 0.123. The maximum atomic E-state index is 14.0. The molecule has 38 heavy (non-hydrogen) atoms. The summed E-state index contributed by atoms with van der Waals surface area (Å²) in [5.74, 6) is 1.90. The zero-order valence-corrected chi connectivity index (χ0v) is 23.4. The predicted molar refractivity (Wildman–Crippen MR) is 150 cm³/mol. The molecular formula is C27H33ClN5O4P. The van der Waals surface area contributed by atoms with Gasteiger partial charge in [-0.3, -0.25) is 4.52 Å². The van der Waals surface area contributed by atoms with Crippen LogP contribution in [0, 0.1) is 5.92 Å². The molecule has 3 atom stereocenters. The van der Waals surface area contributed by atoms with Gasteiger partial charge in [-0.2, -0.15) is 0 Å². The van der Waals surface area contributed by atoms with Gasteiger partial charge in [-0.1, -0.05) is 29.8 Å². The van der Waals surface area contributed by atoms with Gasteiger partial charge >= 0.3 is 7.75 Å². The van der Waals surface area contributed by atoms with E-state index >= 15 is 0 Å². The molecule has 0 bridgehead atoms. The van der Waals surface area contributed by atoms with E-state index in [1.165, 1.54) is 0 Å². The van der Waals surface area contributed by atoms with Crippen LogP contribution in [0.1, 0.15) is 45.5 Å². The number of nitrogens with one attached hydrogen (secondary N) is 1. The Hall–Kier alpha value is -2.68. The molecule has 9 nitrogen and oxygen atoms in total. The van der Waals surface area contributed by atoms with Gasteiger partial charge in [0.2, 0.25) is 0 Å². The number of pyridine rings is 1. The first kappa shape index (κ1) is 26.9.